The fraction of sp³-hybridized carbons (Fsp3) is 0.333. The predicted octanol–water partition coefficient (Wildman–Crippen LogP) is 3.11. The zero-order chi connectivity index (χ0) is 18.8. The number of nitrogens with one attached hydrogen (secondary N) is 2. The quantitative estimate of drug-likeness (QED) is 0.503. The van der Waals surface area contributed by atoms with Gasteiger partial charge in [0.05, 0.1) is 19.9 Å². The highest BCUT2D eigenvalue weighted by molar-refractivity contribution is 7.71. The largest absolute Gasteiger partial charge is 0.493 e. The van der Waals surface area contributed by atoms with Crippen molar-refractivity contribution < 1.29 is 9.47 Å². The number of aromatic amines is 2. The maximum atomic E-state index is 5.54. The molecule has 0 bridgehead atoms. The lowest BCUT2D eigenvalue weighted by Crippen LogP contribution is -1.98. The van der Waals surface area contributed by atoms with Gasteiger partial charge in [-0.3, -0.25) is 5.10 Å². The molecule has 4 rings (SSSR count). The first-order valence-electron chi connectivity index (χ1n) is 8.80. The first-order valence-corrected chi connectivity index (χ1v) is 9.21. The molecule has 140 valence electrons. The van der Waals surface area contributed by atoms with Crippen molar-refractivity contribution in [3.8, 4) is 23.0 Å². The molecule has 0 spiro atoms. The Morgan fingerprint density at radius 1 is 1.26 bits per heavy atom. The highest BCUT2D eigenvalue weighted by Gasteiger charge is 2.23. The van der Waals surface area contributed by atoms with Crippen LogP contribution in [0.2, 0.25) is 0 Å². The van der Waals surface area contributed by atoms with Gasteiger partial charge in [-0.15, -0.1) is 0 Å². The lowest BCUT2D eigenvalue weighted by molar-refractivity contribution is 0.311. The number of fused-ring (bicyclic) bond motifs is 1. The van der Waals surface area contributed by atoms with Crippen molar-refractivity contribution in [2.24, 2.45) is 5.10 Å². The number of hydrogen-bond acceptors (Lipinski definition) is 6. The lowest BCUT2D eigenvalue weighted by Gasteiger charge is -2.09. The molecular weight excluding hydrogens is 364 g/mol. The third kappa shape index (κ3) is 3.25. The fourth-order valence-corrected chi connectivity index (χ4v) is 3.40. The van der Waals surface area contributed by atoms with E-state index in [-0.39, 0.29) is 0 Å². The maximum absolute atomic E-state index is 5.54. The molecule has 1 aliphatic carbocycles. The van der Waals surface area contributed by atoms with Gasteiger partial charge in [0.2, 0.25) is 10.6 Å². The monoisotopic (exact) mass is 384 g/mol. The second-order valence-corrected chi connectivity index (χ2v) is 6.52. The second-order valence-electron chi connectivity index (χ2n) is 6.13. The summed E-state index contributed by atoms with van der Waals surface area (Å²) in [5.74, 6) is 1.96. The highest BCUT2D eigenvalue weighted by atomic mass is 32.1. The number of ether oxygens (including phenoxy) is 2. The normalized spacial score (nSPS) is 13.3. The van der Waals surface area contributed by atoms with Crippen molar-refractivity contribution >= 4 is 18.4 Å². The zero-order valence-corrected chi connectivity index (χ0v) is 16.0. The van der Waals surface area contributed by atoms with E-state index in [9.17, 15) is 0 Å². The van der Waals surface area contributed by atoms with E-state index < -0.39 is 0 Å². The Hall–Kier alpha value is -2.94. The molecule has 0 radical (unpaired) electrons. The van der Waals surface area contributed by atoms with E-state index >= 15 is 0 Å². The van der Waals surface area contributed by atoms with Gasteiger partial charge in [0.25, 0.3) is 0 Å². The van der Waals surface area contributed by atoms with Crippen molar-refractivity contribution in [2.75, 3.05) is 13.7 Å². The molecule has 3 aromatic rings. The molecule has 2 aromatic heterocycles. The van der Waals surface area contributed by atoms with Gasteiger partial charge in [0.1, 0.15) is 5.69 Å². The Bertz CT molecular complexity index is 1050. The van der Waals surface area contributed by atoms with Crippen LogP contribution >= 0.6 is 12.2 Å². The Morgan fingerprint density at radius 3 is 2.96 bits per heavy atom. The van der Waals surface area contributed by atoms with E-state index in [1.165, 1.54) is 11.3 Å². The van der Waals surface area contributed by atoms with Crippen LogP contribution in [0.1, 0.15) is 30.2 Å². The molecule has 0 fully saturated rings. The van der Waals surface area contributed by atoms with Crippen LogP contribution in [0.5, 0.6) is 11.5 Å². The van der Waals surface area contributed by atoms with E-state index in [1.54, 1.807) is 18.0 Å². The fourth-order valence-electron chi connectivity index (χ4n) is 3.22. The number of hydrogen-bond donors (Lipinski definition) is 2. The van der Waals surface area contributed by atoms with Crippen LogP contribution < -0.4 is 9.47 Å². The molecule has 8 nitrogen and oxygen atoms in total. The summed E-state index contributed by atoms with van der Waals surface area (Å²) in [4.78, 5) is 0. The lowest BCUT2D eigenvalue weighted by atomic mass is 10.2. The summed E-state index contributed by atoms with van der Waals surface area (Å²) < 4.78 is 12.9. The summed E-state index contributed by atoms with van der Waals surface area (Å²) in [5.41, 5.74) is 4.03. The van der Waals surface area contributed by atoms with E-state index in [4.69, 9.17) is 21.7 Å². The molecule has 2 N–H and O–H groups in total. The van der Waals surface area contributed by atoms with Gasteiger partial charge in [0.15, 0.2) is 11.5 Å². The number of H-pyrrole nitrogens is 2. The van der Waals surface area contributed by atoms with Crippen LogP contribution in [0.3, 0.4) is 0 Å². The summed E-state index contributed by atoms with van der Waals surface area (Å²) in [6, 6.07) is 5.64. The first kappa shape index (κ1) is 17.5. The third-order valence-electron chi connectivity index (χ3n) is 4.48. The van der Waals surface area contributed by atoms with Crippen molar-refractivity contribution in [1.29, 1.82) is 0 Å². The molecule has 2 heterocycles. The Morgan fingerprint density at radius 2 is 2.15 bits per heavy atom. The first-order chi connectivity index (χ1) is 13.2. The van der Waals surface area contributed by atoms with Crippen LogP contribution in [-0.4, -0.2) is 45.0 Å². The maximum Gasteiger partial charge on any atom is 0.216 e. The smallest absolute Gasteiger partial charge is 0.216 e. The highest BCUT2D eigenvalue weighted by Crippen LogP contribution is 2.30. The molecule has 0 saturated carbocycles. The van der Waals surface area contributed by atoms with Gasteiger partial charge in [-0.1, -0.05) is 0 Å². The number of rotatable bonds is 6. The molecule has 9 heteroatoms. The molecule has 1 aromatic carbocycles. The Kier molecular flexibility index (Phi) is 4.76. The minimum absolute atomic E-state index is 0.411. The van der Waals surface area contributed by atoms with Crippen LogP contribution in [0.4, 0.5) is 0 Å². The van der Waals surface area contributed by atoms with Gasteiger partial charge in [-0.2, -0.15) is 20.0 Å². The predicted molar refractivity (Wildman–Crippen MR) is 104 cm³/mol. The van der Waals surface area contributed by atoms with Crippen molar-refractivity contribution in [3.05, 3.63) is 39.8 Å². The van der Waals surface area contributed by atoms with Gasteiger partial charge < -0.3 is 9.47 Å². The molecular formula is C18H20N6O2S. The minimum Gasteiger partial charge on any atom is -0.493 e. The van der Waals surface area contributed by atoms with Gasteiger partial charge in [-0.25, -0.2) is 5.10 Å². The molecule has 0 unspecified atom stereocenters. The van der Waals surface area contributed by atoms with E-state index in [1.807, 2.05) is 25.1 Å². The number of benzene rings is 1. The Balaban J connectivity index is 1.67. The molecule has 1 aliphatic rings. The summed E-state index contributed by atoms with van der Waals surface area (Å²) in [6.07, 6.45) is 4.83. The van der Waals surface area contributed by atoms with Crippen LogP contribution in [0.15, 0.2) is 23.3 Å². The summed E-state index contributed by atoms with van der Waals surface area (Å²) in [6.45, 7) is 2.51. The van der Waals surface area contributed by atoms with E-state index in [0.717, 1.165) is 30.5 Å². The van der Waals surface area contributed by atoms with Crippen LogP contribution in [0.25, 0.3) is 11.5 Å². The van der Waals surface area contributed by atoms with Gasteiger partial charge in [-0.05, 0) is 62.2 Å². The SMILES string of the molecule is CCOc1ccc(/C=N/n2c(-c3n[nH]c4c3CCC4)n[nH]c2=S)cc1OC. The van der Waals surface area contributed by atoms with Crippen molar-refractivity contribution in [1.82, 2.24) is 25.1 Å². The Labute approximate surface area is 161 Å². The number of aryl methyl sites for hydroxylation is 1. The van der Waals surface area contributed by atoms with E-state index in [0.29, 0.717) is 28.7 Å². The topological polar surface area (TPSA) is 93.1 Å². The number of aromatic nitrogens is 5. The average Bonchev–Trinajstić information content (AvgIpc) is 3.37. The minimum atomic E-state index is 0.411. The summed E-state index contributed by atoms with van der Waals surface area (Å²) in [7, 11) is 1.61. The molecule has 0 amide bonds. The number of methoxy groups -OCH3 is 1. The van der Waals surface area contributed by atoms with E-state index in [2.05, 4.69) is 25.5 Å². The number of nitrogens with zero attached hydrogens (tertiary/aromatic N) is 4. The third-order valence-corrected chi connectivity index (χ3v) is 4.74. The van der Waals surface area contributed by atoms with Gasteiger partial charge in [0, 0.05) is 11.3 Å². The second kappa shape index (κ2) is 7.36. The summed E-state index contributed by atoms with van der Waals surface area (Å²) in [5, 5.41) is 19.1. The van der Waals surface area contributed by atoms with Crippen molar-refractivity contribution in [2.45, 2.75) is 26.2 Å². The molecule has 27 heavy (non-hydrogen) atoms. The van der Waals surface area contributed by atoms with Gasteiger partial charge >= 0.3 is 0 Å². The zero-order valence-electron chi connectivity index (χ0n) is 15.2. The van der Waals surface area contributed by atoms with Crippen molar-refractivity contribution in [3.63, 3.8) is 0 Å². The van der Waals surface area contributed by atoms with Crippen LogP contribution in [-0.2, 0) is 12.8 Å². The molecule has 0 aliphatic heterocycles. The average molecular weight is 384 g/mol. The molecule has 0 saturated heterocycles. The standard InChI is InChI=1S/C18H20N6O2S/c1-3-26-14-8-7-11(9-15(14)25-2)10-19-24-17(22-23-18(24)27)16-12-5-4-6-13(12)20-21-16/h7-10H,3-6H2,1-2H3,(H,20,21)(H,23,27)/b19-10+. The summed E-state index contributed by atoms with van der Waals surface area (Å²) >= 11 is 5.34. The van der Waals surface area contributed by atoms with Crippen LogP contribution in [0, 0.1) is 4.77 Å². The molecule has 0 atom stereocenters.